The fourth-order valence-electron chi connectivity index (χ4n) is 3.27. The Morgan fingerprint density at radius 1 is 1.34 bits per heavy atom. The van der Waals surface area contributed by atoms with E-state index in [0.29, 0.717) is 30.9 Å². The molecule has 0 saturated heterocycles. The van der Waals surface area contributed by atoms with E-state index >= 15 is 0 Å². The summed E-state index contributed by atoms with van der Waals surface area (Å²) in [6.07, 6.45) is 1.01. The van der Waals surface area contributed by atoms with E-state index in [9.17, 15) is 4.79 Å². The molecule has 7 nitrogen and oxygen atoms in total. The largest absolute Gasteiger partial charge is 0.493 e. The lowest BCUT2D eigenvalue weighted by molar-refractivity contribution is -0.133. The first kappa shape index (κ1) is 20.8. The van der Waals surface area contributed by atoms with Gasteiger partial charge in [-0.15, -0.1) is 11.3 Å². The van der Waals surface area contributed by atoms with Crippen LogP contribution in [0.5, 0.6) is 11.5 Å². The number of ether oxygens (including phenoxy) is 2. The van der Waals surface area contributed by atoms with Crippen molar-refractivity contribution in [1.82, 2.24) is 9.91 Å². The molecular formula is C21H24N4O3S. The van der Waals surface area contributed by atoms with Gasteiger partial charge in [-0.05, 0) is 36.2 Å². The van der Waals surface area contributed by atoms with E-state index in [0.717, 1.165) is 16.2 Å². The maximum absolute atomic E-state index is 13.0. The Kier molecular flexibility index (Phi) is 6.86. The number of rotatable bonds is 8. The minimum atomic E-state index is -0.219. The highest BCUT2D eigenvalue weighted by molar-refractivity contribution is 7.12. The van der Waals surface area contributed by atoms with Gasteiger partial charge < -0.3 is 9.47 Å². The zero-order chi connectivity index (χ0) is 20.8. The lowest BCUT2D eigenvalue weighted by Gasteiger charge is -2.25. The molecule has 3 rings (SSSR count). The van der Waals surface area contributed by atoms with E-state index in [1.165, 1.54) is 0 Å². The number of carbonyl (C=O) groups excluding carboxylic acids is 1. The van der Waals surface area contributed by atoms with Crippen molar-refractivity contribution >= 4 is 23.0 Å². The molecule has 8 heteroatoms. The average molecular weight is 413 g/mol. The maximum atomic E-state index is 13.0. The molecule has 1 aliphatic heterocycles. The van der Waals surface area contributed by atoms with E-state index in [4.69, 9.17) is 14.7 Å². The van der Waals surface area contributed by atoms with Crippen molar-refractivity contribution in [3.63, 3.8) is 0 Å². The molecule has 2 aromatic rings. The topological polar surface area (TPSA) is 78.2 Å². The number of likely N-dealkylation sites (N-methyl/N-ethyl adjacent to an activating group) is 1. The highest BCUT2D eigenvalue weighted by atomic mass is 32.1. The van der Waals surface area contributed by atoms with Crippen LogP contribution in [0.2, 0.25) is 0 Å². The Hall–Kier alpha value is -2.89. The highest BCUT2D eigenvalue weighted by Gasteiger charge is 2.34. The third-order valence-corrected chi connectivity index (χ3v) is 5.69. The van der Waals surface area contributed by atoms with Gasteiger partial charge in [0.2, 0.25) is 0 Å². The molecule has 0 bridgehead atoms. The normalized spacial score (nSPS) is 15.9. The zero-order valence-electron chi connectivity index (χ0n) is 16.8. The Balaban J connectivity index is 1.88. The summed E-state index contributed by atoms with van der Waals surface area (Å²) in [5, 5.41) is 17.0. The summed E-state index contributed by atoms with van der Waals surface area (Å²) in [5.41, 5.74) is 1.83. The molecule has 1 unspecified atom stereocenters. The number of thiophene rings is 1. The third kappa shape index (κ3) is 4.75. The predicted molar refractivity (Wildman–Crippen MR) is 112 cm³/mol. The summed E-state index contributed by atoms with van der Waals surface area (Å²) in [6.45, 7) is 0.741. The van der Waals surface area contributed by atoms with E-state index < -0.39 is 0 Å². The molecule has 0 spiro atoms. The van der Waals surface area contributed by atoms with Gasteiger partial charge in [-0.2, -0.15) is 10.4 Å². The van der Waals surface area contributed by atoms with Crippen LogP contribution in [0.1, 0.15) is 29.3 Å². The Labute approximate surface area is 174 Å². The number of nitriles is 1. The van der Waals surface area contributed by atoms with E-state index in [1.54, 1.807) is 30.6 Å². The molecule has 1 amide bonds. The SMILES string of the molecule is COc1ccc(C2CC(c3cccs3)=NN2C(=O)CN(C)CCC#N)cc1OC. The number of nitrogens with zero attached hydrogens (tertiary/aromatic N) is 4. The van der Waals surface area contributed by atoms with E-state index in [-0.39, 0.29) is 18.5 Å². The van der Waals surface area contributed by atoms with Gasteiger partial charge in [0, 0.05) is 19.4 Å². The zero-order valence-corrected chi connectivity index (χ0v) is 17.6. The van der Waals surface area contributed by atoms with Crippen LogP contribution in [0.15, 0.2) is 40.8 Å². The fraction of sp³-hybridized carbons (Fsp3) is 0.381. The summed E-state index contributed by atoms with van der Waals surface area (Å²) in [6, 6.07) is 11.6. The number of carbonyl (C=O) groups is 1. The maximum Gasteiger partial charge on any atom is 0.257 e. The van der Waals surface area contributed by atoms with Crippen molar-refractivity contribution in [1.29, 1.82) is 5.26 Å². The fourth-order valence-corrected chi connectivity index (χ4v) is 4.00. The number of methoxy groups -OCH3 is 2. The first-order valence-electron chi connectivity index (χ1n) is 9.28. The van der Waals surface area contributed by atoms with Gasteiger partial charge in [0.15, 0.2) is 11.5 Å². The van der Waals surface area contributed by atoms with Gasteiger partial charge in [0.1, 0.15) is 0 Å². The van der Waals surface area contributed by atoms with E-state index in [2.05, 4.69) is 11.2 Å². The summed E-state index contributed by atoms with van der Waals surface area (Å²) in [4.78, 5) is 15.9. The van der Waals surface area contributed by atoms with Crippen LogP contribution < -0.4 is 9.47 Å². The van der Waals surface area contributed by atoms with Crippen molar-refractivity contribution < 1.29 is 14.3 Å². The number of benzene rings is 1. The molecule has 0 fully saturated rings. The van der Waals surface area contributed by atoms with Crippen molar-refractivity contribution in [2.75, 3.05) is 34.4 Å². The van der Waals surface area contributed by atoms with Crippen molar-refractivity contribution in [3.8, 4) is 17.6 Å². The number of hydrogen-bond acceptors (Lipinski definition) is 7. The number of hydrazone groups is 1. The van der Waals surface area contributed by atoms with Gasteiger partial charge >= 0.3 is 0 Å². The van der Waals surface area contributed by atoms with Crippen LogP contribution >= 0.6 is 11.3 Å². The molecule has 29 heavy (non-hydrogen) atoms. The summed E-state index contributed by atoms with van der Waals surface area (Å²) >= 11 is 1.61. The Morgan fingerprint density at radius 3 is 2.79 bits per heavy atom. The third-order valence-electron chi connectivity index (χ3n) is 4.77. The average Bonchev–Trinajstić information content (AvgIpc) is 3.41. The molecule has 152 valence electrons. The predicted octanol–water partition coefficient (Wildman–Crippen LogP) is 3.29. The van der Waals surface area contributed by atoms with Crippen LogP contribution in [-0.2, 0) is 4.79 Å². The van der Waals surface area contributed by atoms with Crippen LogP contribution in [-0.4, -0.2) is 55.9 Å². The molecule has 0 N–H and O–H groups in total. The first-order valence-corrected chi connectivity index (χ1v) is 10.2. The van der Waals surface area contributed by atoms with Gasteiger partial charge in [0.05, 0.1) is 43.5 Å². The van der Waals surface area contributed by atoms with Gasteiger partial charge in [0.25, 0.3) is 5.91 Å². The first-order chi connectivity index (χ1) is 14.1. The van der Waals surface area contributed by atoms with Crippen molar-refractivity contribution in [3.05, 3.63) is 46.2 Å². The molecule has 0 aliphatic carbocycles. The quantitative estimate of drug-likeness (QED) is 0.665. The van der Waals surface area contributed by atoms with Crippen LogP contribution in [0.25, 0.3) is 0 Å². The van der Waals surface area contributed by atoms with Crippen LogP contribution in [0.3, 0.4) is 0 Å². The molecule has 0 saturated carbocycles. The molecule has 0 radical (unpaired) electrons. The number of amides is 1. The second-order valence-electron chi connectivity index (χ2n) is 6.74. The van der Waals surface area contributed by atoms with Crippen LogP contribution in [0, 0.1) is 11.3 Å². The smallest absolute Gasteiger partial charge is 0.257 e. The minimum absolute atomic E-state index is 0.100. The summed E-state index contributed by atoms with van der Waals surface area (Å²) < 4.78 is 10.8. The lowest BCUT2D eigenvalue weighted by atomic mass is 10.0. The number of hydrogen-bond donors (Lipinski definition) is 0. The van der Waals surface area contributed by atoms with Crippen molar-refractivity contribution in [2.24, 2.45) is 5.10 Å². The molecule has 1 aromatic carbocycles. The molecule has 1 aromatic heterocycles. The summed E-state index contributed by atoms with van der Waals surface area (Å²) in [5.74, 6) is 1.16. The van der Waals surface area contributed by atoms with Gasteiger partial charge in [-0.3, -0.25) is 9.69 Å². The standard InChI is InChI=1S/C21H24N4O3S/c1-24(10-5-9-22)14-21(26)25-17(13-16(23-25)20-6-4-11-29-20)15-7-8-18(27-2)19(12-15)28-3/h4,6-8,11-12,17H,5,10,13-14H2,1-3H3. The van der Waals surface area contributed by atoms with Gasteiger partial charge in [-0.25, -0.2) is 5.01 Å². The molecule has 2 heterocycles. The molecule has 1 atom stereocenters. The monoisotopic (exact) mass is 412 g/mol. The lowest BCUT2D eigenvalue weighted by Crippen LogP contribution is -2.36. The van der Waals surface area contributed by atoms with Gasteiger partial charge in [-0.1, -0.05) is 12.1 Å². The Morgan fingerprint density at radius 2 is 2.14 bits per heavy atom. The highest BCUT2D eigenvalue weighted by Crippen LogP contribution is 2.37. The Bertz CT molecular complexity index is 921. The second kappa shape index (κ2) is 9.54. The van der Waals surface area contributed by atoms with Crippen molar-refractivity contribution in [2.45, 2.75) is 18.9 Å². The molecule has 1 aliphatic rings. The minimum Gasteiger partial charge on any atom is -0.493 e. The van der Waals surface area contributed by atoms with E-state index in [1.807, 2.05) is 47.7 Å². The second-order valence-corrected chi connectivity index (χ2v) is 7.69. The summed E-state index contributed by atoms with van der Waals surface area (Å²) in [7, 11) is 5.02. The molecular weight excluding hydrogens is 388 g/mol. The van der Waals surface area contributed by atoms with Crippen LogP contribution in [0.4, 0.5) is 0 Å².